The van der Waals surface area contributed by atoms with Gasteiger partial charge in [0.1, 0.15) is 0 Å². The summed E-state index contributed by atoms with van der Waals surface area (Å²) in [6.07, 6.45) is 0.171. The Morgan fingerprint density at radius 2 is 2.06 bits per heavy atom. The molecule has 0 aliphatic carbocycles. The molecule has 1 rings (SSSR count). The van der Waals surface area contributed by atoms with Crippen LogP contribution < -0.4 is 5.73 Å². The van der Waals surface area contributed by atoms with Gasteiger partial charge in [0.15, 0.2) is 0 Å². The topological polar surface area (TPSA) is 69.4 Å². The van der Waals surface area contributed by atoms with Gasteiger partial charge in [0.05, 0.1) is 20.0 Å². The maximum atomic E-state index is 11.2. The van der Waals surface area contributed by atoms with Gasteiger partial charge in [-0.15, -0.1) is 0 Å². The molecule has 88 valence electrons. The average Bonchev–Trinajstić information content (AvgIpc) is 2.30. The maximum Gasteiger partial charge on any atom is 0.310 e. The molecule has 0 saturated heterocycles. The number of methoxy groups -OCH3 is 1. The van der Waals surface area contributed by atoms with Crippen LogP contribution in [0.2, 0.25) is 0 Å². The third kappa shape index (κ3) is 4.39. The van der Waals surface area contributed by atoms with Crippen molar-refractivity contribution in [1.82, 2.24) is 0 Å². The summed E-state index contributed by atoms with van der Waals surface area (Å²) in [5.74, 6) is 4.68. The Labute approximate surface area is 99.8 Å². The lowest BCUT2D eigenvalue weighted by Gasteiger charge is -2.02. The second kappa shape index (κ2) is 6.33. The number of benzene rings is 1. The monoisotopic (exact) mass is 231 g/mol. The first-order valence-corrected chi connectivity index (χ1v) is 5.05. The van der Waals surface area contributed by atoms with Crippen molar-refractivity contribution >= 4 is 11.9 Å². The van der Waals surface area contributed by atoms with E-state index < -0.39 is 5.91 Å². The number of primary amides is 1. The van der Waals surface area contributed by atoms with Crippen LogP contribution in [-0.4, -0.2) is 19.0 Å². The molecule has 0 aliphatic heterocycles. The Balaban J connectivity index is 2.86. The third-order valence-electron chi connectivity index (χ3n) is 2.07. The highest BCUT2D eigenvalue weighted by atomic mass is 16.5. The molecule has 0 radical (unpaired) electrons. The quantitative estimate of drug-likeness (QED) is 0.612. The summed E-state index contributed by atoms with van der Waals surface area (Å²) >= 11 is 0. The van der Waals surface area contributed by atoms with Gasteiger partial charge in [-0.25, -0.2) is 0 Å². The Morgan fingerprint density at radius 3 is 2.71 bits per heavy atom. The predicted octanol–water partition coefficient (Wildman–Crippen LogP) is 0.629. The molecule has 0 bridgehead atoms. The van der Waals surface area contributed by atoms with E-state index in [1.165, 1.54) is 7.11 Å². The molecule has 0 heterocycles. The summed E-state index contributed by atoms with van der Waals surface area (Å²) in [6.45, 7) is 0. The standard InChI is InChI=1S/C13H13NO3/c1-17-13(16)9-11-6-3-2-5-10(11)7-4-8-12(14)15/h2-3,5-6H,8-9H2,1H3,(H2,14,15). The average molecular weight is 231 g/mol. The molecular formula is C13H13NO3. The van der Waals surface area contributed by atoms with Crippen LogP contribution in [0.4, 0.5) is 0 Å². The molecule has 0 spiro atoms. The zero-order valence-electron chi connectivity index (χ0n) is 9.53. The molecule has 1 aromatic rings. The van der Waals surface area contributed by atoms with Gasteiger partial charge in [-0.1, -0.05) is 30.0 Å². The van der Waals surface area contributed by atoms with E-state index in [2.05, 4.69) is 16.6 Å². The number of carbonyl (C=O) groups is 2. The van der Waals surface area contributed by atoms with E-state index in [0.717, 1.165) is 5.56 Å². The normalized spacial score (nSPS) is 9.00. The number of hydrogen-bond donors (Lipinski definition) is 1. The lowest BCUT2D eigenvalue weighted by atomic mass is 10.0. The van der Waals surface area contributed by atoms with E-state index in [9.17, 15) is 9.59 Å². The van der Waals surface area contributed by atoms with Crippen LogP contribution in [0, 0.1) is 11.8 Å². The van der Waals surface area contributed by atoms with Gasteiger partial charge in [0.2, 0.25) is 5.91 Å². The van der Waals surface area contributed by atoms with Gasteiger partial charge >= 0.3 is 5.97 Å². The van der Waals surface area contributed by atoms with Crippen LogP contribution in [0.3, 0.4) is 0 Å². The molecular weight excluding hydrogens is 218 g/mol. The summed E-state index contributed by atoms with van der Waals surface area (Å²) in [7, 11) is 1.34. The fourth-order valence-electron chi connectivity index (χ4n) is 1.25. The van der Waals surface area contributed by atoms with E-state index in [-0.39, 0.29) is 18.8 Å². The molecule has 0 saturated carbocycles. The fourth-order valence-corrected chi connectivity index (χ4v) is 1.25. The SMILES string of the molecule is COC(=O)Cc1ccccc1C#CCC(N)=O. The zero-order chi connectivity index (χ0) is 12.7. The number of amides is 1. The number of nitrogens with two attached hydrogens (primary N) is 1. The highest BCUT2D eigenvalue weighted by Gasteiger charge is 2.05. The van der Waals surface area contributed by atoms with Crippen LogP contribution in [0.15, 0.2) is 24.3 Å². The second-order valence-corrected chi connectivity index (χ2v) is 3.35. The zero-order valence-corrected chi connectivity index (χ0v) is 9.53. The first-order valence-electron chi connectivity index (χ1n) is 5.05. The molecule has 0 aromatic heterocycles. The second-order valence-electron chi connectivity index (χ2n) is 3.35. The Hall–Kier alpha value is -2.28. The minimum absolute atomic E-state index is 0.00651. The molecule has 1 amide bonds. The Bertz CT molecular complexity index is 483. The first-order chi connectivity index (χ1) is 8.13. The van der Waals surface area contributed by atoms with E-state index in [4.69, 9.17) is 5.73 Å². The van der Waals surface area contributed by atoms with Crippen molar-refractivity contribution in [3.8, 4) is 11.8 Å². The number of ether oxygens (including phenoxy) is 1. The van der Waals surface area contributed by atoms with Gasteiger partial charge in [-0.3, -0.25) is 9.59 Å². The van der Waals surface area contributed by atoms with Crippen molar-refractivity contribution < 1.29 is 14.3 Å². The summed E-state index contributed by atoms with van der Waals surface area (Å²) < 4.78 is 4.59. The minimum Gasteiger partial charge on any atom is -0.469 e. The van der Waals surface area contributed by atoms with Gasteiger partial charge in [-0.05, 0) is 11.6 Å². The van der Waals surface area contributed by atoms with Crippen molar-refractivity contribution in [2.75, 3.05) is 7.11 Å². The van der Waals surface area contributed by atoms with Gasteiger partial charge in [0, 0.05) is 5.56 Å². The minimum atomic E-state index is -0.469. The van der Waals surface area contributed by atoms with E-state index >= 15 is 0 Å². The molecule has 0 atom stereocenters. The molecule has 1 aromatic carbocycles. The van der Waals surface area contributed by atoms with Crippen molar-refractivity contribution in [2.45, 2.75) is 12.8 Å². The lowest BCUT2D eigenvalue weighted by molar-refractivity contribution is -0.139. The summed E-state index contributed by atoms with van der Waals surface area (Å²) in [6, 6.07) is 7.21. The largest absolute Gasteiger partial charge is 0.469 e. The third-order valence-corrected chi connectivity index (χ3v) is 2.07. The highest BCUT2D eigenvalue weighted by molar-refractivity contribution is 5.77. The number of esters is 1. The van der Waals surface area contributed by atoms with E-state index in [1.54, 1.807) is 12.1 Å². The van der Waals surface area contributed by atoms with Crippen LogP contribution in [0.25, 0.3) is 0 Å². The maximum absolute atomic E-state index is 11.2. The van der Waals surface area contributed by atoms with Crippen LogP contribution >= 0.6 is 0 Å². The lowest BCUT2D eigenvalue weighted by Crippen LogP contribution is -2.08. The Kier molecular flexibility index (Phi) is 4.77. The van der Waals surface area contributed by atoms with Crippen LogP contribution in [0.1, 0.15) is 17.5 Å². The fraction of sp³-hybridized carbons (Fsp3) is 0.231. The van der Waals surface area contributed by atoms with Crippen molar-refractivity contribution in [3.63, 3.8) is 0 Å². The smallest absolute Gasteiger partial charge is 0.310 e. The number of rotatable bonds is 3. The van der Waals surface area contributed by atoms with E-state index in [1.807, 2.05) is 12.1 Å². The molecule has 0 aliphatic rings. The molecule has 0 unspecified atom stereocenters. The number of hydrogen-bond acceptors (Lipinski definition) is 3. The summed E-state index contributed by atoms with van der Waals surface area (Å²) in [5.41, 5.74) is 6.46. The Morgan fingerprint density at radius 1 is 1.35 bits per heavy atom. The van der Waals surface area contributed by atoms with Crippen molar-refractivity contribution in [1.29, 1.82) is 0 Å². The molecule has 0 fully saturated rings. The van der Waals surface area contributed by atoms with Crippen molar-refractivity contribution in [3.05, 3.63) is 35.4 Å². The molecule has 4 heteroatoms. The van der Waals surface area contributed by atoms with Gasteiger partial charge in [0.25, 0.3) is 0 Å². The first kappa shape index (κ1) is 12.8. The summed E-state index contributed by atoms with van der Waals surface area (Å²) in [4.78, 5) is 21.7. The highest BCUT2D eigenvalue weighted by Crippen LogP contribution is 2.08. The molecule has 17 heavy (non-hydrogen) atoms. The predicted molar refractivity (Wildman–Crippen MR) is 62.9 cm³/mol. The van der Waals surface area contributed by atoms with Gasteiger partial charge < -0.3 is 10.5 Å². The molecule has 2 N–H and O–H groups in total. The van der Waals surface area contributed by atoms with E-state index in [0.29, 0.717) is 5.56 Å². The summed E-state index contributed by atoms with van der Waals surface area (Å²) in [5, 5.41) is 0. The molecule has 4 nitrogen and oxygen atoms in total. The van der Waals surface area contributed by atoms with Crippen LogP contribution in [0.5, 0.6) is 0 Å². The van der Waals surface area contributed by atoms with Gasteiger partial charge in [-0.2, -0.15) is 0 Å². The van der Waals surface area contributed by atoms with Crippen molar-refractivity contribution in [2.24, 2.45) is 5.73 Å². The number of carbonyl (C=O) groups excluding carboxylic acids is 2. The van der Waals surface area contributed by atoms with Crippen LogP contribution in [-0.2, 0) is 20.7 Å².